The van der Waals surface area contributed by atoms with Gasteiger partial charge in [-0.1, -0.05) is 26.7 Å². The minimum absolute atomic E-state index is 0.111. The van der Waals surface area contributed by atoms with E-state index in [-0.39, 0.29) is 11.6 Å². The number of aliphatic carboxylic acids is 1. The summed E-state index contributed by atoms with van der Waals surface area (Å²) in [4.78, 5) is 38.6. The van der Waals surface area contributed by atoms with Crippen LogP contribution in [0.4, 0.5) is 5.13 Å². The van der Waals surface area contributed by atoms with Crippen molar-refractivity contribution < 1.29 is 19.5 Å². The molecule has 0 spiro atoms. The molecule has 1 aromatic rings. The lowest BCUT2D eigenvalue weighted by Gasteiger charge is -2.12. The van der Waals surface area contributed by atoms with Crippen molar-refractivity contribution in [2.24, 2.45) is 0 Å². The maximum atomic E-state index is 12.0. The van der Waals surface area contributed by atoms with E-state index < -0.39 is 17.9 Å². The zero-order valence-corrected chi connectivity index (χ0v) is 13.5. The number of rotatable bonds is 9. The largest absolute Gasteiger partial charge is 0.480 e. The summed E-state index contributed by atoms with van der Waals surface area (Å²) >= 11 is 1.13. The van der Waals surface area contributed by atoms with Crippen LogP contribution in [0.25, 0.3) is 0 Å². The van der Waals surface area contributed by atoms with Gasteiger partial charge < -0.3 is 15.7 Å². The molecule has 0 aromatic carbocycles. The molecule has 0 fully saturated rings. The summed E-state index contributed by atoms with van der Waals surface area (Å²) in [6.07, 6.45) is 3.06. The van der Waals surface area contributed by atoms with Crippen molar-refractivity contribution in [2.75, 3.05) is 5.32 Å². The van der Waals surface area contributed by atoms with Gasteiger partial charge in [-0.15, -0.1) is 11.3 Å². The van der Waals surface area contributed by atoms with E-state index in [0.717, 1.165) is 24.2 Å². The second-order valence-corrected chi connectivity index (χ2v) is 5.70. The first-order chi connectivity index (χ1) is 10.5. The van der Waals surface area contributed by atoms with E-state index in [9.17, 15) is 14.4 Å². The second-order valence-electron chi connectivity index (χ2n) is 4.84. The Balaban J connectivity index is 2.63. The van der Waals surface area contributed by atoms with Crippen molar-refractivity contribution in [3.63, 3.8) is 0 Å². The fourth-order valence-electron chi connectivity index (χ4n) is 1.74. The summed E-state index contributed by atoms with van der Waals surface area (Å²) in [6, 6.07) is -0.924. The topological polar surface area (TPSA) is 108 Å². The molecule has 0 bridgehead atoms. The summed E-state index contributed by atoms with van der Waals surface area (Å²) in [5, 5.41) is 16.0. The van der Waals surface area contributed by atoms with E-state index in [0.29, 0.717) is 24.4 Å². The van der Waals surface area contributed by atoms with Gasteiger partial charge in [0.15, 0.2) is 5.13 Å². The van der Waals surface area contributed by atoms with E-state index in [1.807, 2.05) is 13.8 Å². The zero-order chi connectivity index (χ0) is 16.5. The van der Waals surface area contributed by atoms with Gasteiger partial charge in [-0.3, -0.25) is 9.59 Å². The number of nitrogens with zero attached hydrogens (tertiary/aromatic N) is 1. The fourth-order valence-corrected chi connectivity index (χ4v) is 2.45. The van der Waals surface area contributed by atoms with Crippen molar-refractivity contribution in [1.82, 2.24) is 10.3 Å². The predicted molar refractivity (Wildman–Crippen MR) is 84.1 cm³/mol. The van der Waals surface area contributed by atoms with Gasteiger partial charge in [0.2, 0.25) is 5.91 Å². The normalized spacial score (nSPS) is 11.7. The molecule has 8 heteroatoms. The highest BCUT2D eigenvalue weighted by Gasteiger charge is 2.21. The SMILES string of the molecule is CCCCC(NC(=O)c1csc(NC(=O)CCC)n1)C(=O)O. The van der Waals surface area contributed by atoms with Crippen LogP contribution < -0.4 is 10.6 Å². The predicted octanol–water partition coefficient (Wildman–Crippen LogP) is 2.25. The average molecular weight is 327 g/mol. The van der Waals surface area contributed by atoms with Crippen LogP contribution in [0.5, 0.6) is 0 Å². The fraction of sp³-hybridized carbons (Fsp3) is 0.571. The summed E-state index contributed by atoms with van der Waals surface area (Å²) in [5.74, 6) is -1.76. The Morgan fingerprint density at radius 2 is 2.05 bits per heavy atom. The molecule has 0 saturated heterocycles. The number of carboxylic acids is 1. The van der Waals surface area contributed by atoms with Crippen molar-refractivity contribution in [2.45, 2.75) is 52.0 Å². The van der Waals surface area contributed by atoms with Crippen LogP contribution >= 0.6 is 11.3 Å². The molecular weight excluding hydrogens is 306 g/mol. The van der Waals surface area contributed by atoms with Gasteiger partial charge >= 0.3 is 5.97 Å². The average Bonchev–Trinajstić information content (AvgIpc) is 2.91. The van der Waals surface area contributed by atoms with Gasteiger partial charge in [-0.25, -0.2) is 9.78 Å². The molecular formula is C14H21N3O4S. The summed E-state index contributed by atoms with van der Waals surface area (Å²) in [7, 11) is 0. The van der Waals surface area contributed by atoms with E-state index >= 15 is 0 Å². The van der Waals surface area contributed by atoms with E-state index in [1.54, 1.807) is 0 Å². The number of aromatic nitrogens is 1. The summed E-state index contributed by atoms with van der Waals surface area (Å²) < 4.78 is 0. The Morgan fingerprint density at radius 3 is 2.64 bits per heavy atom. The van der Waals surface area contributed by atoms with Gasteiger partial charge in [0, 0.05) is 11.8 Å². The van der Waals surface area contributed by atoms with E-state index in [1.165, 1.54) is 5.38 Å². The number of carbonyl (C=O) groups excluding carboxylic acids is 2. The first-order valence-electron chi connectivity index (χ1n) is 7.27. The van der Waals surface area contributed by atoms with Crippen molar-refractivity contribution in [3.8, 4) is 0 Å². The minimum atomic E-state index is -1.06. The molecule has 7 nitrogen and oxygen atoms in total. The van der Waals surface area contributed by atoms with E-state index in [4.69, 9.17) is 5.11 Å². The van der Waals surface area contributed by atoms with Crippen LogP contribution in [0.3, 0.4) is 0 Å². The molecule has 1 aromatic heterocycles. The number of anilines is 1. The maximum absolute atomic E-state index is 12.0. The highest BCUT2D eigenvalue weighted by molar-refractivity contribution is 7.14. The Kier molecular flexibility index (Phi) is 7.51. The number of carbonyl (C=O) groups is 3. The van der Waals surface area contributed by atoms with Gasteiger partial charge in [-0.2, -0.15) is 0 Å². The summed E-state index contributed by atoms with van der Waals surface area (Å²) in [6.45, 7) is 3.84. The van der Waals surface area contributed by atoms with Gasteiger partial charge in [0.1, 0.15) is 11.7 Å². The third-order valence-electron chi connectivity index (χ3n) is 2.91. The van der Waals surface area contributed by atoms with Crippen LogP contribution in [-0.2, 0) is 9.59 Å². The van der Waals surface area contributed by atoms with Crippen LogP contribution in [0, 0.1) is 0 Å². The molecule has 1 unspecified atom stereocenters. The Morgan fingerprint density at radius 1 is 1.32 bits per heavy atom. The number of amides is 2. The molecule has 0 saturated carbocycles. The monoisotopic (exact) mass is 327 g/mol. The van der Waals surface area contributed by atoms with Gasteiger partial charge in [-0.05, 0) is 12.8 Å². The number of nitrogens with one attached hydrogen (secondary N) is 2. The molecule has 0 aliphatic carbocycles. The van der Waals surface area contributed by atoms with Crippen molar-refractivity contribution in [1.29, 1.82) is 0 Å². The number of unbranched alkanes of at least 4 members (excludes halogenated alkanes) is 1. The lowest BCUT2D eigenvalue weighted by molar-refractivity contribution is -0.139. The molecule has 2 amide bonds. The first kappa shape index (κ1) is 18.1. The maximum Gasteiger partial charge on any atom is 0.326 e. The number of hydrogen-bond donors (Lipinski definition) is 3. The number of thiazole rings is 1. The van der Waals surface area contributed by atoms with Crippen molar-refractivity contribution in [3.05, 3.63) is 11.1 Å². The minimum Gasteiger partial charge on any atom is -0.480 e. The zero-order valence-electron chi connectivity index (χ0n) is 12.7. The standard InChI is InChI=1S/C14H21N3O4S/c1-3-5-7-9(13(20)21)15-12(19)10-8-22-14(16-10)17-11(18)6-4-2/h8-9H,3-7H2,1-2H3,(H,15,19)(H,20,21)(H,16,17,18). The molecule has 1 heterocycles. The lowest BCUT2D eigenvalue weighted by atomic mass is 10.1. The van der Waals surface area contributed by atoms with Crippen LogP contribution in [-0.4, -0.2) is 33.9 Å². The lowest BCUT2D eigenvalue weighted by Crippen LogP contribution is -2.40. The summed E-state index contributed by atoms with van der Waals surface area (Å²) in [5.41, 5.74) is 0.111. The quantitative estimate of drug-likeness (QED) is 0.644. The molecule has 1 atom stereocenters. The first-order valence-corrected chi connectivity index (χ1v) is 8.14. The Bertz CT molecular complexity index is 530. The number of carboxylic acid groups (broad SMARTS) is 1. The molecule has 3 N–H and O–H groups in total. The molecule has 122 valence electrons. The molecule has 0 radical (unpaired) electrons. The van der Waals surface area contributed by atoms with Crippen LogP contribution in [0.1, 0.15) is 56.4 Å². The molecule has 0 aliphatic heterocycles. The van der Waals surface area contributed by atoms with Gasteiger partial charge in [0.25, 0.3) is 5.91 Å². The third-order valence-corrected chi connectivity index (χ3v) is 3.67. The van der Waals surface area contributed by atoms with Crippen molar-refractivity contribution >= 4 is 34.3 Å². The number of hydrogen-bond acceptors (Lipinski definition) is 5. The Hall–Kier alpha value is -1.96. The highest BCUT2D eigenvalue weighted by Crippen LogP contribution is 2.16. The van der Waals surface area contributed by atoms with Crippen LogP contribution in [0.15, 0.2) is 5.38 Å². The smallest absolute Gasteiger partial charge is 0.326 e. The van der Waals surface area contributed by atoms with Gasteiger partial charge in [0.05, 0.1) is 0 Å². The van der Waals surface area contributed by atoms with Crippen LogP contribution in [0.2, 0.25) is 0 Å². The van der Waals surface area contributed by atoms with E-state index in [2.05, 4.69) is 15.6 Å². The molecule has 22 heavy (non-hydrogen) atoms. The highest BCUT2D eigenvalue weighted by atomic mass is 32.1. The molecule has 1 rings (SSSR count). The Labute approximate surface area is 133 Å². The molecule has 0 aliphatic rings. The second kappa shape index (κ2) is 9.14. The third kappa shape index (κ3) is 5.80.